The van der Waals surface area contributed by atoms with Crippen molar-refractivity contribution in [2.24, 2.45) is 0 Å². The minimum atomic E-state index is -0.198. The molecule has 1 heterocycles. The number of aliphatic hydroxyl groups excluding tert-OH is 1. The van der Waals surface area contributed by atoms with E-state index in [-0.39, 0.29) is 18.1 Å². The molecular weight excluding hydrogens is 340 g/mol. The number of hydrogen-bond acceptors (Lipinski definition) is 5. The van der Waals surface area contributed by atoms with Gasteiger partial charge in [-0.3, -0.25) is 4.79 Å². The second-order valence-electron chi connectivity index (χ2n) is 6.22. The third-order valence-electron chi connectivity index (χ3n) is 4.21. The number of thioether (sulfide) groups is 1. The van der Waals surface area contributed by atoms with E-state index in [9.17, 15) is 9.90 Å². The fourth-order valence-electron chi connectivity index (χ4n) is 2.78. The summed E-state index contributed by atoms with van der Waals surface area (Å²) in [7, 11) is 0. The van der Waals surface area contributed by atoms with Gasteiger partial charge in [-0.1, -0.05) is 23.9 Å². The normalized spacial score (nSPS) is 20.8. The minimum absolute atomic E-state index is 0.0221. The summed E-state index contributed by atoms with van der Waals surface area (Å²) in [4.78, 5) is 16.7. The Balaban J connectivity index is 1.51. The first-order chi connectivity index (χ1) is 11.6. The molecule has 0 aliphatic heterocycles. The van der Waals surface area contributed by atoms with Crippen molar-refractivity contribution in [1.82, 2.24) is 10.3 Å². The number of carbonyl (C=O) groups is 1. The van der Waals surface area contributed by atoms with Gasteiger partial charge in [-0.15, -0.1) is 11.3 Å². The van der Waals surface area contributed by atoms with Crippen LogP contribution in [0.5, 0.6) is 0 Å². The molecule has 1 aromatic heterocycles. The van der Waals surface area contributed by atoms with Crippen molar-refractivity contribution >= 4 is 29.0 Å². The quantitative estimate of drug-likeness (QED) is 0.795. The Morgan fingerprint density at radius 3 is 2.62 bits per heavy atom. The van der Waals surface area contributed by atoms with Crippen LogP contribution in [0, 0.1) is 6.92 Å². The molecule has 1 aliphatic carbocycles. The number of thiazole rings is 1. The van der Waals surface area contributed by atoms with Crippen molar-refractivity contribution in [1.29, 1.82) is 0 Å². The summed E-state index contributed by atoms with van der Waals surface area (Å²) in [5.41, 5.74) is 2.94. The van der Waals surface area contributed by atoms with Crippen LogP contribution in [0.25, 0.3) is 0 Å². The number of aryl methyl sites for hydroxylation is 1. The van der Waals surface area contributed by atoms with Crippen molar-refractivity contribution in [3.8, 4) is 0 Å². The van der Waals surface area contributed by atoms with Gasteiger partial charge >= 0.3 is 0 Å². The van der Waals surface area contributed by atoms with Crippen LogP contribution in [0.4, 0.5) is 0 Å². The van der Waals surface area contributed by atoms with Crippen LogP contribution in [-0.4, -0.2) is 28.1 Å². The molecule has 0 radical (unpaired) electrons. The number of hydrogen-bond donors (Lipinski definition) is 2. The zero-order chi connectivity index (χ0) is 16.9. The zero-order valence-electron chi connectivity index (χ0n) is 13.7. The Morgan fingerprint density at radius 2 is 2.00 bits per heavy atom. The molecule has 1 aliphatic rings. The molecule has 2 N–H and O–H groups in total. The molecule has 1 aromatic carbocycles. The van der Waals surface area contributed by atoms with Crippen molar-refractivity contribution in [2.45, 2.75) is 54.8 Å². The summed E-state index contributed by atoms with van der Waals surface area (Å²) in [5, 5.41) is 14.7. The standard InChI is InChI=1S/C18H22N2O2S2/c1-12-10-23-18(19-12)24-11-13-2-4-14(5-3-13)17(22)20-15-6-8-16(21)9-7-15/h2-5,10,15-16,21H,6-9,11H2,1H3,(H,20,22). The Kier molecular flexibility index (Phi) is 5.92. The van der Waals surface area contributed by atoms with Crippen LogP contribution in [0.15, 0.2) is 34.0 Å². The fraction of sp³-hybridized carbons (Fsp3) is 0.444. The highest BCUT2D eigenvalue weighted by Crippen LogP contribution is 2.26. The van der Waals surface area contributed by atoms with Gasteiger partial charge in [-0.05, 0) is 50.3 Å². The van der Waals surface area contributed by atoms with Gasteiger partial charge < -0.3 is 10.4 Å². The first-order valence-corrected chi connectivity index (χ1v) is 10.1. The van der Waals surface area contributed by atoms with Gasteiger partial charge in [-0.25, -0.2) is 4.98 Å². The first-order valence-electron chi connectivity index (χ1n) is 8.23. The SMILES string of the molecule is Cc1csc(SCc2ccc(C(=O)NC3CCC(O)CC3)cc2)n1. The highest BCUT2D eigenvalue weighted by Gasteiger charge is 2.21. The average Bonchev–Trinajstić information content (AvgIpc) is 3.01. The number of aliphatic hydroxyl groups is 1. The Labute approximate surface area is 150 Å². The molecule has 24 heavy (non-hydrogen) atoms. The summed E-state index contributed by atoms with van der Waals surface area (Å²) in [5.74, 6) is 0.834. The van der Waals surface area contributed by atoms with Crippen LogP contribution >= 0.6 is 23.1 Å². The summed E-state index contributed by atoms with van der Waals surface area (Å²) < 4.78 is 1.08. The van der Waals surface area contributed by atoms with E-state index in [1.165, 1.54) is 5.56 Å². The van der Waals surface area contributed by atoms with Gasteiger partial charge in [0.05, 0.1) is 6.10 Å². The largest absolute Gasteiger partial charge is 0.393 e. The van der Waals surface area contributed by atoms with E-state index in [0.29, 0.717) is 5.56 Å². The van der Waals surface area contributed by atoms with Gasteiger partial charge in [0.2, 0.25) is 0 Å². The molecule has 1 amide bonds. The summed E-state index contributed by atoms with van der Waals surface area (Å²) in [6.07, 6.45) is 3.06. The first kappa shape index (κ1) is 17.5. The number of rotatable bonds is 5. The maximum Gasteiger partial charge on any atom is 0.251 e. The van der Waals surface area contributed by atoms with Gasteiger partial charge in [0.25, 0.3) is 5.91 Å². The van der Waals surface area contributed by atoms with Crippen LogP contribution in [0.3, 0.4) is 0 Å². The third kappa shape index (κ3) is 4.82. The van der Waals surface area contributed by atoms with E-state index in [0.717, 1.165) is 41.5 Å². The van der Waals surface area contributed by atoms with E-state index < -0.39 is 0 Å². The fourth-order valence-corrected chi connectivity index (χ4v) is 4.59. The molecule has 0 spiro atoms. The predicted molar refractivity (Wildman–Crippen MR) is 98.6 cm³/mol. The number of carbonyl (C=O) groups excluding carboxylic acids is 1. The highest BCUT2D eigenvalue weighted by molar-refractivity contribution is 8.00. The summed E-state index contributed by atoms with van der Waals surface area (Å²) in [6.45, 7) is 2.00. The molecule has 4 nitrogen and oxygen atoms in total. The minimum Gasteiger partial charge on any atom is -0.393 e. The molecule has 3 rings (SSSR count). The molecule has 0 unspecified atom stereocenters. The smallest absolute Gasteiger partial charge is 0.251 e. The van der Waals surface area contributed by atoms with Crippen LogP contribution in [-0.2, 0) is 5.75 Å². The van der Waals surface area contributed by atoms with Crippen molar-refractivity contribution in [3.05, 3.63) is 46.5 Å². The van der Waals surface area contributed by atoms with Gasteiger partial charge in [0, 0.05) is 28.4 Å². The summed E-state index contributed by atoms with van der Waals surface area (Å²) >= 11 is 3.39. The second kappa shape index (κ2) is 8.14. The lowest BCUT2D eigenvalue weighted by Gasteiger charge is -2.26. The number of nitrogens with one attached hydrogen (secondary N) is 1. The van der Waals surface area contributed by atoms with Gasteiger partial charge in [-0.2, -0.15) is 0 Å². The number of nitrogens with zero attached hydrogens (tertiary/aromatic N) is 1. The zero-order valence-corrected chi connectivity index (χ0v) is 15.3. The lowest BCUT2D eigenvalue weighted by Crippen LogP contribution is -2.38. The number of amides is 1. The molecule has 0 bridgehead atoms. The monoisotopic (exact) mass is 362 g/mol. The predicted octanol–water partition coefficient (Wildman–Crippen LogP) is 3.78. The Bertz CT molecular complexity index is 677. The maximum atomic E-state index is 12.3. The van der Waals surface area contributed by atoms with Crippen molar-refractivity contribution < 1.29 is 9.90 Å². The van der Waals surface area contributed by atoms with E-state index >= 15 is 0 Å². The lowest BCUT2D eigenvalue weighted by molar-refractivity contribution is 0.0867. The van der Waals surface area contributed by atoms with E-state index in [1.807, 2.05) is 31.2 Å². The Hall–Kier alpha value is -1.37. The van der Waals surface area contributed by atoms with Crippen LogP contribution in [0.2, 0.25) is 0 Å². The third-order valence-corrected chi connectivity index (χ3v) is 6.42. The molecule has 1 fully saturated rings. The number of benzene rings is 1. The van der Waals surface area contributed by atoms with E-state index in [1.54, 1.807) is 23.1 Å². The molecule has 0 atom stereocenters. The number of aromatic nitrogens is 1. The van der Waals surface area contributed by atoms with Crippen LogP contribution < -0.4 is 5.32 Å². The molecule has 128 valence electrons. The van der Waals surface area contributed by atoms with E-state index in [4.69, 9.17) is 0 Å². The molecule has 1 saturated carbocycles. The Morgan fingerprint density at radius 1 is 1.29 bits per heavy atom. The van der Waals surface area contributed by atoms with E-state index in [2.05, 4.69) is 15.7 Å². The van der Waals surface area contributed by atoms with Crippen LogP contribution in [0.1, 0.15) is 47.3 Å². The highest BCUT2D eigenvalue weighted by atomic mass is 32.2. The van der Waals surface area contributed by atoms with Gasteiger partial charge in [0.15, 0.2) is 0 Å². The average molecular weight is 363 g/mol. The topological polar surface area (TPSA) is 62.2 Å². The summed E-state index contributed by atoms with van der Waals surface area (Å²) in [6, 6.07) is 7.97. The second-order valence-corrected chi connectivity index (χ2v) is 8.30. The molecule has 2 aromatic rings. The van der Waals surface area contributed by atoms with Gasteiger partial charge in [0.1, 0.15) is 4.34 Å². The lowest BCUT2D eigenvalue weighted by atomic mass is 9.93. The molecule has 6 heteroatoms. The van der Waals surface area contributed by atoms with Crippen molar-refractivity contribution in [2.75, 3.05) is 0 Å². The molecule has 0 saturated heterocycles. The van der Waals surface area contributed by atoms with Crippen molar-refractivity contribution in [3.63, 3.8) is 0 Å². The molecular formula is C18H22N2O2S2. The maximum absolute atomic E-state index is 12.3.